The molecule has 2 aromatic heterocycles. The molecule has 0 aliphatic carbocycles. The van der Waals surface area contributed by atoms with Crippen LogP contribution in [0, 0.1) is 6.92 Å². The van der Waals surface area contributed by atoms with Crippen LogP contribution in [0.4, 0.5) is 5.82 Å². The Morgan fingerprint density at radius 3 is 3.00 bits per heavy atom. The van der Waals surface area contributed by atoms with E-state index in [-0.39, 0.29) is 5.91 Å². The van der Waals surface area contributed by atoms with Crippen molar-refractivity contribution in [2.75, 3.05) is 11.9 Å². The number of carbonyl (C=O) groups excluding carboxylic acids is 1. The average Bonchev–Trinajstić information content (AvgIpc) is 3.26. The number of benzene rings is 1. The van der Waals surface area contributed by atoms with Gasteiger partial charge >= 0.3 is 0 Å². The first-order valence-corrected chi connectivity index (χ1v) is 9.60. The SMILES string of the molecule is Cc1cc(Cl)ccc1OCCCC(=O)Nc1ccnn1Cc1cccs1. The predicted molar refractivity (Wildman–Crippen MR) is 105 cm³/mol. The van der Waals surface area contributed by atoms with Crippen molar-refractivity contribution in [3.63, 3.8) is 0 Å². The van der Waals surface area contributed by atoms with Crippen LogP contribution in [-0.4, -0.2) is 22.3 Å². The molecule has 0 unspecified atom stereocenters. The molecule has 0 spiro atoms. The maximum absolute atomic E-state index is 12.2. The largest absolute Gasteiger partial charge is 0.493 e. The number of rotatable bonds is 8. The van der Waals surface area contributed by atoms with Crippen molar-refractivity contribution >= 4 is 34.7 Å². The van der Waals surface area contributed by atoms with E-state index < -0.39 is 0 Å². The van der Waals surface area contributed by atoms with Crippen LogP contribution in [0.3, 0.4) is 0 Å². The predicted octanol–water partition coefficient (Wildman–Crippen LogP) is 4.75. The quantitative estimate of drug-likeness (QED) is 0.565. The Morgan fingerprint density at radius 1 is 1.35 bits per heavy atom. The first-order valence-electron chi connectivity index (χ1n) is 8.35. The van der Waals surface area contributed by atoms with Gasteiger partial charge in [0.15, 0.2) is 0 Å². The summed E-state index contributed by atoms with van der Waals surface area (Å²) in [6.07, 6.45) is 2.71. The zero-order valence-electron chi connectivity index (χ0n) is 14.4. The third-order valence-electron chi connectivity index (χ3n) is 3.81. The number of aromatic nitrogens is 2. The van der Waals surface area contributed by atoms with E-state index >= 15 is 0 Å². The molecule has 0 saturated carbocycles. The Bertz CT molecular complexity index is 862. The van der Waals surface area contributed by atoms with E-state index in [4.69, 9.17) is 16.3 Å². The number of anilines is 1. The lowest BCUT2D eigenvalue weighted by molar-refractivity contribution is -0.116. The number of carbonyl (C=O) groups is 1. The van der Waals surface area contributed by atoms with E-state index in [0.29, 0.717) is 36.8 Å². The molecule has 26 heavy (non-hydrogen) atoms. The van der Waals surface area contributed by atoms with Gasteiger partial charge in [-0.1, -0.05) is 17.7 Å². The Kier molecular flexibility index (Phi) is 6.30. The summed E-state index contributed by atoms with van der Waals surface area (Å²) in [5.41, 5.74) is 0.986. The molecule has 1 aromatic carbocycles. The van der Waals surface area contributed by atoms with Crippen molar-refractivity contribution in [2.45, 2.75) is 26.3 Å². The van der Waals surface area contributed by atoms with E-state index in [1.54, 1.807) is 34.3 Å². The normalized spacial score (nSPS) is 10.7. The molecule has 0 bridgehead atoms. The average molecular weight is 390 g/mol. The standard InChI is InChI=1S/C19H20ClN3O2S/c1-14-12-15(20)6-7-17(14)25-10-2-5-19(24)22-18-8-9-21-23(18)13-16-4-3-11-26-16/h3-4,6-9,11-12H,2,5,10,13H2,1H3,(H,22,24). The molecule has 0 aliphatic heterocycles. The number of nitrogens with one attached hydrogen (secondary N) is 1. The fourth-order valence-corrected chi connectivity index (χ4v) is 3.42. The fourth-order valence-electron chi connectivity index (χ4n) is 2.51. The lowest BCUT2D eigenvalue weighted by Crippen LogP contribution is -2.16. The van der Waals surface area contributed by atoms with E-state index in [0.717, 1.165) is 11.3 Å². The van der Waals surface area contributed by atoms with Gasteiger partial charge in [0.1, 0.15) is 11.6 Å². The zero-order chi connectivity index (χ0) is 18.4. The minimum atomic E-state index is -0.0469. The van der Waals surface area contributed by atoms with Gasteiger partial charge in [-0.3, -0.25) is 4.79 Å². The van der Waals surface area contributed by atoms with E-state index in [9.17, 15) is 4.79 Å². The topological polar surface area (TPSA) is 56.1 Å². The lowest BCUT2D eigenvalue weighted by Gasteiger charge is -2.10. The fraction of sp³-hybridized carbons (Fsp3) is 0.263. The molecule has 0 saturated heterocycles. The van der Waals surface area contributed by atoms with Gasteiger partial charge in [-0.05, 0) is 48.6 Å². The number of aryl methyl sites for hydroxylation is 1. The van der Waals surface area contributed by atoms with Gasteiger partial charge in [-0.2, -0.15) is 5.10 Å². The Hall–Kier alpha value is -2.31. The van der Waals surface area contributed by atoms with Gasteiger partial charge < -0.3 is 10.1 Å². The highest BCUT2D eigenvalue weighted by Crippen LogP contribution is 2.22. The first kappa shape index (κ1) is 18.5. The summed E-state index contributed by atoms with van der Waals surface area (Å²) in [5.74, 6) is 1.45. The van der Waals surface area contributed by atoms with Crippen LogP contribution in [0.5, 0.6) is 5.75 Å². The molecule has 5 nitrogen and oxygen atoms in total. The Balaban J connectivity index is 1.44. The van der Waals surface area contributed by atoms with Crippen molar-refractivity contribution in [3.05, 3.63) is 63.4 Å². The molecule has 1 N–H and O–H groups in total. The number of amides is 1. The van der Waals surface area contributed by atoms with Crippen LogP contribution in [-0.2, 0) is 11.3 Å². The maximum atomic E-state index is 12.2. The van der Waals surface area contributed by atoms with Crippen molar-refractivity contribution < 1.29 is 9.53 Å². The minimum Gasteiger partial charge on any atom is -0.493 e. The summed E-state index contributed by atoms with van der Waals surface area (Å²) in [6, 6.07) is 11.4. The maximum Gasteiger partial charge on any atom is 0.225 e. The van der Waals surface area contributed by atoms with Gasteiger partial charge in [0.05, 0.1) is 19.3 Å². The molecule has 0 aliphatic rings. The van der Waals surface area contributed by atoms with Crippen molar-refractivity contribution in [1.29, 1.82) is 0 Å². The second kappa shape index (κ2) is 8.87. The summed E-state index contributed by atoms with van der Waals surface area (Å²) in [6.45, 7) is 3.08. The smallest absolute Gasteiger partial charge is 0.225 e. The number of hydrogen-bond acceptors (Lipinski definition) is 4. The van der Waals surface area contributed by atoms with Crippen LogP contribution >= 0.6 is 22.9 Å². The summed E-state index contributed by atoms with van der Waals surface area (Å²) >= 11 is 7.60. The third kappa shape index (κ3) is 5.09. The van der Waals surface area contributed by atoms with Crippen molar-refractivity contribution in [2.24, 2.45) is 0 Å². The molecule has 0 radical (unpaired) electrons. The number of ether oxygens (including phenoxy) is 1. The molecule has 2 heterocycles. The summed E-state index contributed by atoms with van der Waals surface area (Å²) in [5, 5.41) is 9.90. The van der Waals surface area contributed by atoms with Crippen molar-refractivity contribution in [1.82, 2.24) is 9.78 Å². The van der Waals surface area contributed by atoms with Gasteiger partial charge in [0.2, 0.25) is 5.91 Å². The number of thiophene rings is 1. The van der Waals surface area contributed by atoms with E-state index in [1.165, 1.54) is 4.88 Å². The molecule has 7 heteroatoms. The van der Waals surface area contributed by atoms with Gasteiger partial charge in [-0.15, -0.1) is 11.3 Å². The summed E-state index contributed by atoms with van der Waals surface area (Å²) in [4.78, 5) is 13.4. The summed E-state index contributed by atoms with van der Waals surface area (Å²) in [7, 11) is 0. The molecule has 0 atom stereocenters. The minimum absolute atomic E-state index is 0.0469. The van der Waals surface area contributed by atoms with Crippen LogP contribution in [0.15, 0.2) is 48.0 Å². The number of hydrogen-bond donors (Lipinski definition) is 1. The van der Waals surface area contributed by atoms with Gasteiger partial charge in [0.25, 0.3) is 0 Å². The van der Waals surface area contributed by atoms with Crippen LogP contribution in [0.2, 0.25) is 5.02 Å². The van der Waals surface area contributed by atoms with Crippen LogP contribution in [0.1, 0.15) is 23.3 Å². The lowest BCUT2D eigenvalue weighted by atomic mass is 10.2. The molecule has 3 aromatic rings. The monoisotopic (exact) mass is 389 g/mol. The molecular formula is C19H20ClN3O2S. The zero-order valence-corrected chi connectivity index (χ0v) is 16.0. The summed E-state index contributed by atoms with van der Waals surface area (Å²) < 4.78 is 7.51. The number of halogens is 1. The molecule has 3 rings (SSSR count). The second-order valence-electron chi connectivity index (χ2n) is 5.86. The van der Waals surface area contributed by atoms with Gasteiger partial charge in [0, 0.05) is 22.4 Å². The highest BCUT2D eigenvalue weighted by molar-refractivity contribution is 7.09. The molecule has 0 fully saturated rings. The first-order chi connectivity index (χ1) is 12.6. The Morgan fingerprint density at radius 2 is 2.23 bits per heavy atom. The van der Waals surface area contributed by atoms with Gasteiger partial charge in [-0.25, -0.2) is 4.68 Å². The van der Waals surface area contributed by atoms with Crippen LogP contribution < -0.4 is 10.1 Å². The third-order valence-corrected chi connectivity index (χ3v) is 4.91. The Labute approximate surface area is 161 Å². The van der Waals surface area contributed by atoms with Crippen LogP contribution in [0.25, 0.3) is 0 Å². The molecule has 136 valence electrons. The highest BCUT2D eigenvalue weighted by atomic mass is 35.5. The van der Waals surface area contributed by atoms with E-state index in [2.05, 4.69) is 10.4 Å². The highest BCUT2D eigenvalue weighted by Gasteiger charge is 2.09. The number of nitrogens with zero attached hydrogens (tertiary/aromatic N) is 2. The van der Waals surface area contributed by atoms with Crippen molar-refractivity contribution in [3.8, 4) is 5.75 Å². The van der Waals surface area contributed by atoms with E-state index in [1.807, 2.05) is 36.6 Å². The second-order valence-corrected chi connectivity index (χ2v) is 7.33. The molecule has 1 amide bonds. The molecular weight excluding hydrogens is 370 g/mol.